The average Bonchev–Trinajstić information content (AvgIpc) is 3.45. The van der Waals surface area contributed by atoms with Gasteiger partial charge in [-0.15, -0.1) is 0 Å². The molecule has 10 heteroatoms. The lowest BCUT2D eigenvalue weighted by atomic mass is 9.86. The fraction of sp³-hybridized carbons (Fsp3) is 0.227. The van der Waals surface area contributed by atoms with Gasteiger partial charge in [0.25, 0.3) is 0 Å². The van der Waals surface area contributed by atoms with E-state index in [-0.39, 0.29) is 12.1 Å². The molecule has 7 nitrogen and oxygen atoms in total. The Bertz CT molecular complexity index is 1230. The van der Waals surface area contributed by atoms with E-state index in [0.717, 1.165) is 6.07 Å². The van der Waals surface area contributed by atoms with Crippen LogP contribution in [-0.4, -0.2) is 36.8 Å². The smallest absolute Gasteiger partial charge is 0.137 e. The van der Waals surface area contributed by atoms with Gasteiger partial charge >= 0.3 is 0 Å². The van der Waals surface area contributed by atoms with E-state index in [9.17, 15) is 18.3 Å². The van der Waals surface area contributed by atoms with Gasteiger partial charge in [-0.3, -0.25) is 4.68 Å². The molecule has 4 rings (SSSR count). The van der Waals surface area contributed by atoms with E-state index >= 15 is 0 Å². The number of methoxy groups -OCH3 is 1. The molecule has 2 aromatic heterocycles. The molecule has 0 amide bonds. The quantitative estimate of drug-likeness (QED) is 0.471. The summed E-state index contributed by atoms with van der Waals surface area (Å²) in [7, 11) is 1.43. The second-order valence-corrected chi connectivity index (χ2v) is 7.37. The van der Waals surface area contributed by atoms with Crippen molar-refractivity contribution in [2.75, 3.05) is 7.11 Å². The number of hydrogen-bond acceptors (Lipinski definition) is 5. The van der Waals surface area contributed by atoms with Crippen LogP contribution in [0.2, 0.25) is 0 Å². The van der Waals surface area contributed by atoms with Gasteiger partial charge < -0.3 is 9.84 Å². The molecule has 0 aliphatic heterocycles. The molecule has 2 heterocycles. The predicted molar refractivity (Wildman–Crippen MR) is 109 cm³/mol. The summed E-state index contributed by atoms with van der Waals surface area (Å²) >= 11 is 0. The lowest BCUT2D eigenvalue weighted by Gasteiger charge is -2.34. The topological polar surface area (TPSA) is 78.0 Å². The van der Waals surface area contributed by atoms with E-state index in [2.05, 4.69) is 15.2 Å². The Morgan fingerprint density at radius 2 is 1.84 bits per heavy atom. The van der Waals surface area contributed by atoms with Gasteiger partial charge in [0.1, 0.15) is 41.5 Å². The van der Waals surface area contributed by atoms with Crippen molar-refractivity contribution in [2.45, 2.75) is 25.1 Å². The third-order valence-electron chi connectivity index (χ3n) is 5.43. The van der Waals surface area contributed by atoms with Gasteiger partial charge in [-0.1, -0.05) is 6.07 Å². The zero-order chi connectivity index (χ0) is 22.9. The van der Waals surface area contributed by atoms with Crippen molar-refractivity contribution in [3.63, 3.8) is 0 Å². The van der Waals surface area contributed by atoms with Crippen molar-refractivity contribution in [3.05, 3.63) is 84.5 Å². The van der Waals surface area contributed by atoms with Crippen molar-refractivity contribution in [1.29, 1.82) is 0 Å². The number of aromatic nitrogens is 5. The number of nitrogens with zero attached hydrogens (tertiary/aromatic N) is 5. The number of benzene rings is 2. The third-order valence-corrected chi connectivity index (χ3v) is 5.43. The standard InChI is InChI=1S/C22H20F3N5O2/c1-14(30-10-15(9-27-30)18-5-3-17(24)8-21(18)32-2)22(31,11-29-13-26-12-28-29)19-6-4-16(23)7-20(19)25/h3-10,12-14,31H,11H2,1-2H3/t14-,22-/m1/s1. The van der Waals surface area contributed by atoms with Gasteiger partial charge in [0.05, 0.1) is 25.9 Å². The third kappa shape index (κ3) is 3.96. The van der Waals surface area contributed by atoms with E-state index in [0.29, 0.717) is 22.9 Å². The van der Waals surface area contributed by atoms with E-state index < -0.39 is 29.1 Å². The Morgan fingerprint density at radius 1 is 1.09 bits per heavy atom. The van der Waals surface area contributed by atoms with Crippen LogP contribution < -0.4 is 4.74 Å². The van der Waals surface area contributed by atoms with E-state index in [1.165, 1.54) is 53.5 Å². The Kier molecular flexibility index (Phi) is 5.70. The molecule has 0 aliphatic rings. The zero-order valence-corrected chi connectivity index (χ0v) is 17.3. The summed E-state index contributed by atoms with van der Waals surface area (Å²) in [5.74, 6) is -1.78. The van der Waals surface area contributed by atoms with Gasteiger partial charge in [-0.05, 0) is 25.1 Å². The Labute approximate surface area is 181 Å². The number of aliphatic hydroxyl groups is 1. The second-order valence-electron chi connectivity index (χ2n) is 7.37. The summed E-state index contributed by atoms with van der Waals surface area (Å²) in [6, 6.07) is 6.29. The van der Waals surface area contributed by atoms with Gasteiger partial charge in [0, 0.05) is 35.0 Å². The minimum Gasteiger partial charge on any atom is -0.496 e. The maximum absolute atomic E-state index is 14.7. The summed E-state index contributed by atoms with van der Waals surface area (Å²) in [6.07, 6.45) is 5.84. The van der Waals surface area contributed by atoms with Crippen molar-refractivity contribution >= 4 is 0 Å². The molecule has 166 valence electrons. The Hall–Kier alpha value is -3.66. The summed E-state index contributed by atoms with van der Waals surface area (Å²) in [4.78, 5) is 3.86. The first-order chi connectivity index (χ1) is 15.3. The van der Waals surface area contributed by atoms with Gasteiger partial charge in [-0.25, -0.2) is 22.8 Å². The molecule has 2 aromatic carbocycles. The number of hydrogen-bond donors (Lipinski definition) is 1. The van der Waals surface area contributed by atoms with Crippen molar-refractivity contribution < 1.29 is 23.0 Å². The molecule has 0 aliphatic carbocycles. The SMILES string of the molecule is COc1cc(F)ccc1-c1cnn([C@H](C)[C@](O)(Cn2cncn2)c2ccc(F)cc2F)c1. The summed E-state index contributed by atoms with van der Waals surface area (Å²) in [6.45, 7) is 1.49. The largest absolute Gasteiger partial charge is 0.496 e. The molecule has 2 atom stereocenters. The molecule has 0 saturated carbocycles. The molecule has 4 aromatic rings. The molecular formula is C22H20F3N5O2. The van der Waals surface area contributed by atoms with Crippen LogP contribution in [-0.2, 0) is 12.1 Å². The highest BCUT2D eigenvalue weighted by Crippen LogP contribution is 2.38. The van der Waals surface area contributed by atoms with Crippen molar-refractivity contribution in [2.24, 2.45) is 0 Å². The molecule has 0 fully saturated rings. The molecule has 0 saturated heterocycles. The fourth-order valence-corrected chi connectivity index (χ4v) is 3.66. The molecule has 0 radical (unpaired) electrons. The van der Waals surface area contributed by atoms with Gasteiger partial charge in [-0.2, -0.15) is 10.2 Å². The number of ether oxygens (including phenoxy) is 1. The average molecular weight is 443 g/mol. The first-order valence-electron chi connectivity index (χ1n) is 9.70. The first-order valence-corrected chi connectivity index (χ1v) is 9.70. The zero-order valence-electron chi connectivity index (χ0n) is 17.3. The Morgan fingerprint density at radius 3 is 2.53 bits per heavy atom. The lowest BCUT2D eigenvalue weighted by molar-refractivity contribution is -0.0368. The molecule has 0 spiro atoms. The summed E-state index contributed by atoms with van der Waals surface area (Å²) < 4.78 is 49.9. The van der Waals surface area contributed by atoms with Crippen LogP contribution in [0.25, 0.3) is 11.1 Å². The maximum atomic E-state index is 14.7. The molecule has 0 bridgehead atoms. The normalized spacial score (nSPS) is 14.2. The first kappa shape index (κ1) is 21.6. The molecular weight excluding hydrogens is 423 g/mol. The lowest BCUT2D eigenvalue weighted by Crippen LogP contribution is -2.40. The van der Waals surface area contributed by atoms with Crippen LogP contribution >= 0.6 is 0 Å². The second kappa shape index (κ2) is 8.46. The van der Waals surface area contributed by atoms with Crippen LogP contribution in [0.4, 0.5) is 13.2 Å². The minimum atomic E-state index is -1.86. The highest BCUT2D eigenvalue weighted by atomic mass is 19.1. The summed E-state index contributed by atoms with van der Waals surface area (Å²) in [5, 5.41) is 20.0. The monoisotopic (exact) mass is 443 g/mol. The van der Waals surface area contributed by atoms with Crippen LogP contribution in [0.15, 0.2) is 61.4 Å². The minimum absolute atomic E-state index is 0.113. The molecule has 0 unspecified atom stereocenters. The van der Waals surface area contributed by atoms with Crippen molar-refractivity contribution in [3.8, 4) is 16.9 Å². The van der Waals surface area contributed by atoms with E-state index in [1.54, 1.807) is 19.2 Å². The van der Waals surface area contributed by atoms with Crippen LogP contribution in [0.5, 0.6) is 5.75 Å². The Balaban J connectivity index is 1.76. The number of rotatable bonds is 7. The maximum Gasteiger partial charge on any atom is 0.137 e. The van der Waals surface area contributed by atoms with Crippen molar-refractivity contribution in [1.82, 2.24) is 24.5 Å². The van der Waals surface area contributed by atoms with E-state index in [1.807, 2.05) is 0 Å². The number of halogens is 3. The van der Waals surface area contributed by atoms with Crippen LogP contribution in [0.1, 0.15) is 18.5 Å². The van der Waals surface area contributed by atoms with E-state index in [4.69, 9.17) is 4.74 Å². The predicted octanol–water partition coefficient (Wildman–Crippen LogP) is 3.72. The molecule has 32 heavy (non-hydrogen) atoms. The van der Waals surface area contributed by atoms with Gasteiger partial charge in [0.2, 0.25) is 0 Å². The molecule has 1 N–H and O–H groups in total. The van der Waals surface area contributed by atoms with Crippen LogP contribution in [0.3, 0.4) is 0 Å². The highest BCUT2D eigenvalue weighted by molar-refractivity contribution is 5.69. The highest BCUT2D eigenvalue weighted by Gasteiger charge is 2.40. The fourth-order valence-electron chi connectivity index (χ4n) is 3.66. The van der Waals surface area contributed by atoms with Crippen LogP contribution in [0, 0.1) is 17.5 Å². The summed E-state index contributed by atoms with van der Waals surface area (Å²) in [5.41, 5.74) is -0.767. The van der Waals surface area contributed by atoms with Gasteiger partial charge in [0.15, 0.2) is 0 Å².